The van der Waals surface area contributed by atoms with Crippen molar-refractivity contribution < 1.29 is 4.79 Å². The molecule has 24 heavy (non-hydrogen) atoms. The highest BCUT2D eigenvalue weighted by atomic mass is 16.2. The number of hydrogen-bond donors (Lipinski definition) is 0. The van der Waals surface area contributed by atoms with Crippen molar-refractivity contribution in [3.05, 3.63) is 47.8 Å². The summed E-state index contributed by atoms with van der Waals surface area (Å²) in [5, 5.41) is 4.30. The quantitative estimate of drug-likeness (QED) is 0.848. The van der Waals surface area contributed by atoms with Gasteiger partial charge in [0.25, 0.3) is 0 Å². The summed E-state index contributed by atoms with van der Waals surface area (Å²) in [4.78, 5) is 16.8. The highest BCUT2D eigenvalue weighted by molar-refractivity contribution is 5.76. The number of carbonyl (C=O) groups excluding carboxylic acids is 1. The molecule has 0 N–H and O–H groups in total. The normalized spacial score (nSPS) is 14.9. The van der Waals surface area contributed by atoms with Gasteiger partial charge < -0.3 is 9.80 Å². The molecule has 1 aliphatic heterocycles. The van der Waals surface area contributed by atoms with E-state index in [4.69, 9.17) is 0 Å². The summed E-state index contributed by atoms with van der Waals surface area (Å²) in [7, 11) is 0. The summed E-state index contributed by atoms with van der Waals surface area (Å²) in [5.41, 5.74) is 3.72. The molecule has 0 atom stereocenters. The van der Waals surface area contributed by atoms with Gasteiger partial charge in [-0.1, -0.05) is 25.5 Å². The average molecular weight is 326 g/mol. The lowest BCUT2D eigenvalue weighted by atomic mass is 10.2. The van der Waals surface area contributed by atoms with Crippen LogP contribution in [0.4, 0.5) is 5.69 Å². The lowest BCUT2D eigenvalue weighted by Crippen LogP contribution is -2.49. The van der Waals surface area contributed by atoms with Gasteiger partial charge in [0.1, 0.15) is 6.54 Å². The van der Waals surface area contributed by atoms with Crippen molar-refractivity contribution >= 4 is 11.6 Å². The van der Waals surface area contributed by atoms with Crippen LogP contribution in [-0.2, 0) is 17.8 Å². The zero-order valence-electron chi connectivity index (χ0n) is 14.6. The third-order valence-electron chi connectivity index (χ3n) is 4.52. The summed E-state index contributed by atoms with van der Waals surface area (Å²) >= 11 is 0. The maximum absolute atomic E-state index is 12.5. The van der Waals surface area contributed by atoms with Crippen LogP contribution in [0.25, 0.3) is 0 Å². The van der Waals surface area contributed by atoms with Crippen molar-refractivity contribution in [1.82, 2.24) is 14.7 Å². The number of amides is 1. The minimum absolute atomic E-state index is 0.157. The van der Waals surface area contributed by atoms with Crippen LogP contribution in [0.2, 0.25) is 0 Å². The molecule has 128 valence electrons. The van der Waals surface area contributed by atoms with Crippen LogP contribution in [0.15, 0.2) is 36.7 Å². The number of rotatable bonds is 5. The molecule has 5 nitrogen and oxygen atoms in total. The number of anilines is 1. The first-order chi connectivity index (χ1) is 11.7. The van der Waals surface area contributed by atoms with Crippen molar-refractivity contribution in [1.29, 1.82) is 0 Å². The van der Waals surface area contributed by atoms with Crippen LogP contribution in [-0.4, -0.2) is 46.8 Å². The van der Waals surface area contributed by atoms with Crippen LogP contribution in [0.3, 0.4) is 0 Å². The fourth-order valence-electron chi connectivity index (χ4n) is 3.19. The van der Waals surface area contributed by atoms with E-state index in [0.29, 0.717) is 6.54 Å². The zero-order chi connectivity index (χ0) is 16.9. The molecule has 1 aliphatic rings. The predicted octanol–water partition coefficient (Wildman–Crippen LogP) is 2.49. The summed E-state index contributed by atoms with van der Waals surface area (Å²) in [6.07, 6.45) is 5.97. The fraction of sp³-hybridized carbons (Fsp3) is 0.474. The number of aromatic nitrogens is 2. The lowest BCUT2D eigenvalue weighted by Gasteiger charge is -2.36. The van der Waals surface area contributed by atoms with E-state index in [9.17, 15) is 4.79 Å². The number of aryl methyl sites for hydroxylation is 2. The van der Waals surface area contributed by atoms with Gasteiger partial charge in [-0.2, -0.15) is 5.10 Å². The van der Waals surface area contributed by atoms with E-state index in [0.717, 1.165) is 39.0 Å². The number of hydrogen-bond acceptors (Lipinski definition) is 3. The van der Waals surface area contributed by atoms with E-state index in [2.05, 4.69) is 48.1 Å². The van der Waals surface area contributed by atoms with Crippen molar-refractivity contribution in [2.45, 2.75) is 33.2 Å². The Labute approximate surface area is 143 Å². The van der Waals surface area contributed by atoms with Crippen LogP contribution in [0, 0.1) is 6.92 Å². The highest BCUT2D eigenvalue weighted by Gasteiger charge is 2.21. The molecule has 0 aliphatic carbocycles. The SMILES string of the molecule is CCCc1cnn(CC(=O)N2CCN(c3cccc(C)c3)CC2)c1. The van der Waals surface area contributed by atoms with E-state index in [-0.39, 0.29) is 5.91 Å². The molecule has 2 aromatic rings. The van der Waals surface area contributed by atoms with Crippen molar-refractivity contribution in [2.24, 2.45) is 0 Å². The van der Waals surface area contributed by atoms with Crippen molar-refractivity contribution in [3.8, 4) is 0 Å². The minimum atomic E-state index is 0.157. The average Bonchev–Trinajstić information content (AvgIpc) is 3.02. The third kappa shape index (κ3) is 3.96. The van der Waals surface area contributed by atoms with E-state index in [1.165, 1.54) is 16.8 Å². The van der Waals surface area contributed by atoms with Gasteiger partial charge in [-0.3, -0.25) is 9.48 Å². The van der Waals surface area contributed by atoms with Crippen LogP contribution < -0.4 is 4.90 Å². The number of carbonyl (C=O) groups is 1. The number of benzene rings is 1. The van der Waals surface area contributed by atoms with Crippen LogP contribution >= 0.6 is 0 Å². The van der Waals surface area contributed by atoms with Crippen molar-refractivity contribution in [2.75, 3.05) is 31.1 Å². The third-order valence-corrected chi connectivity index (χ3v) is 4.52. The molecule has 1 saturated heterocycles. The van der Waals surface area contributed by atoms with Gasteiger partial charge in [-0.15, -0.1) is 0 Å². The first-order valence-electron chi connectivity index (χ1n) is 8.76. The first kappa shape index (κ1) is 16.6. The van der Waals surface area contributed by atoms with Crippen LogP contribution in [0.5, 0.6) is 0 Å². The second kappa shape index (κ2) is 7.51. The molecule has 0 spiro atoms. The fourth-order valence-corrected chi connectivity index (χ4v) is 3.19. The molecule has 1 amide bonds. The van der Waals surface area contributed by atoms with Gasteiger partial charge in [0.05, 0.1) is 6.20 Å². The van der Waals surface area contributed by atoms with Gasteiger partial charge >= 0.3 is 0 Å². The Balaban J connectivity index is 1.53. The van der Waals surface area contributed by atoms with Gasteiger partial charge in [0.15, 0.2) is 0 Å². The monoisotopic (exact) mass is 326 g/mol. The second-order valence-electron chi connectivity index (χ2n) is 6.50. The number of piperazine rings is 1. The van der Waals surface area contributed by atoms with Gasteiger partial charge in [-0.25, -0.2) is 0 Å². The molecule has 0 saturated carbocycles. The Morgan fingerprint density at radius 3 is 2.71 bits per heavy atom. The largest absolute Gasteiger partial charge is 0.368 e. The molecule has 5 heteroatoms. The minimum Gasteiger partial charge on any atom is -0.368 e. The molecule has 0 radical (unpaired) electrons. The van der Waals surface area contributed by atoms with Crippen LogP contribution in [0.1, 0.15) is 24.5 Å². The molecular formula is C19H26N4O. The van der Waals surface area contributed by atoms with E-state index >= 15 is 0 Å². The van der Waals surface area contributed by atoms with Gasteiger partial charge in [0, 0.05) is 38.1 Å². The molecule has 1 aromatic heterocycles. The Morgan fingerprint density at radius 2 is 2.00 bits per heavy atom. The van der Waals surface area contributed by atoms with E-state index < -0.39 is 0 Å². The molecule has 0 unspecified atom stereocenters. The summed E-state index contributed by atoms with van der Waals surface area (Å²) in [6.45, 7) is 7.92. The van der Waals surface area contributed by atoms with E-state index in [1.807, 2.05) is 17.3 Å². The van der Waals surface area contributed by atoms with E-state index in [1.54, 1.807) is 4.68 Å². The molecule has 3 rings (SSSR count). The molecule has 1 aromatic carbocycles. The Hall–Kier alpha value is -2.30. The highest BCUT2D eigenvalue weighted by Crippen LogP contribution is 2.18. The number of nitrogens with zero attached hydrogens (tertiary/aromatic N) is 4. The molecular weight excluding hydrogens is 300 g/mol. The van der Waals surface area contributed by atoms with Gasteiger partial charge in [-0.05, 0) is 36.6 Å². The molecule has 1 fully saturated rings. The summed E-state index contributed by atoms with van der Waals surface area (Å²) < 4.78 is 1.76. The first-order valence-corrected chi connectivity index (χ1v) is 8.76. The lowest BCUT2D eigenvalue weighted by molar-refractivity contribution is -0.132. The Kier molecular flexibility index (Phi) is 5.18. The van der Waals surface area contributed by atoms with Crippen molar-refractivity contribution in [3.63, 3.8) is 0 Å². The Morgan fingerprint density at radius 1 is 1.21 bits per heavy atom. The summed E-state index contributed by atoms with van der Waals surface area (Å²) in [5.74, 6) is 0.157. The topological polar surface area (TPSA) is 41.4 Å². The zero-order valence-corrected chi connectivity index (χ0v) is 14.6. The van der Waals surface area contributed by atoms with Gasteiger partial charge in [0.2, 0.25) is 5.91 Å². The predicted molar refractivity (Wildman–Crippen MR) is 96.2 cm³/mol. The smallest absolute Gasteiger partial charge is 0.244 e. The molecule has 0 bridgehead atoms. The maximum Gasteiger partial charge on any atom is 0.244 e. The second-order valence-corrected chi connectivity index (χ2v) is 6.50. The molecule has 2 heterocycles. The summed E-state index contributed by atoms with van der Waals surface area (Å²) in [6, 6.07) is 8.55. The standard InChI is InChI=1S/C19H26N4O/c1-3-5-17-13-20-23(14-17)15-19(24)22-10-8-21(9-11-22)18-7-4-6-16(2)12-18/h4,6-7,12-14H,3,5,8-11,15H2,1-2H3. The maximum atomic E-state index is 12.5. The Bertz CT molecular complexity index is 686.